The maximum absolute atomic E-state index is 13.3. The molecule has 3 amide bonds. The number of hydrogen-bond acceptors (Lipinski definition) is 8. The number of carbonyl (C=O) groups excluding carboxylic acids is 3. The third kappa shape index (κ3) is 9.97. The third-order valence-electron chi connectivity index (χ3n) is 7.91. The minimum atomic E-state index is -0.834. The largest absolute Gasteiger partial charge is 0.450 e. The summed E-state index contributed by atoms with van der Waals surface area (Å²) >= 11 is 0. The van der Waals surface area contributed by atoms with Crippen molar-refractivity contribution in [1.29, 1.82) is 5.26 Å². The van der Waals surface area contributed by atoms with E-state index in [1.54, 1.807) is 11.8 Å². The van der Waals surface area contributed by atoms with E-state index in [1.807, 2.05) is 11.9 Å². The summed E-state index contributed by atoms with van der Waals surface area (Å²) in [5.74, 6) is 0.312. The number of aliphatic imine (C=N–C) groups is 1. The van der Waals surface area contributed by atoms with E-state index in [0.717, 1.165) is 25.9 Å². The standard InChI is InChI=1S/C27H45N7O5/c1-3-38-26(37)34-16-14-33(15-17-34)21-30-25(36)39-18-11-29-23(19-22-7-5-4-6-8-22)24(35)31-27(20-28)9-12-32(2)13-10-27/h21-23,29H,3-19H2,1-2H3,(H,31,35). The Morgan fingerprint density at radius 2 is 1.77 bits per heavy atom. The van der Waals surface area contributed by atoms with Gasteiger partial charge in [-0.05, 0) is 39.2 Å². The fourth-order valence-corrected chi connectivity index (χ4v) is 5.40. The lowest BCUT2D eigenvalue weighted by atomic mass is 9.84. The van der Waals surface area contributed by atoms with Gasteiger partial charge in [-0.25, -0.2) is 9.59 Å². The smallest absolute Gasteiger partial charge is 0.435 e. The van der Waals surface area contributed by atoms with Crippen molar-refractivity contribution >= 4 is 24.4 Å². The van der Waals surface area contributed by atoms with Crippen LogP contribution < -0.4 is 10.6 Å². The molecule has 3 aliphatic rings. The van der Waals surface area contributed by atoms with Crippen molar-refractivity contribution < 1.29 is 23.9 Å². The van der Waals surface area contributed by atoms with Crippen LogP contribution in [0, 0.1) is 17.2 Å². The highest BCUT2D eigenvalue weighted by atomic mass is 16.6. The van der Waals surface area contributed by atoms with E-state index in [0.29, 0.717) is 64.5 Å². The predicted octanol–water partition coefficient (Wildman–Crippen LogP) is 1.96. The Morgan fingerprint density at radius 3 is 2.41 bits per heavy atom. The summed E-state index contributed by atoms with van der Waals surface area (Å²) < 4.78 is 10.3. The summed E-state index contributed by atoms with van der Waals surface area (Å²) in [7, 11) is 2.02. The van der Waals surface area contributed by atoms with Gasteiger partial charge in [0.25, 0.3) is 0 Å². The molecule has 2 aliphatic heterocycles. The molecular formula is C27H45N7O5. The van der Waals surface area contributed by atoms with Crippen molar-refractivity contribution in [3.63, 3.8) is 0 Å². The SMILES string of the molecule is CCOC(=O)N1CCN(C=NC(=O)OCCNC(CC2CCCCC2)C(=O)NC2(C#N)CCN(C)CC2)CC1. The molecule has 12 heteroatoms. The first kappa shape index (κ1) is 30.6. The molecule has 2 heterocycles. The van der Waals surface area contributed by atoms with E-state index in [-0.39, 0.29) is 18.6 Å². The number of piperidine rings is 1. The number of nitrogens with one attached hydrogen (secondary N) is 2. The second kappa shape index (κ2) is 15.6. The first-order chi connectivity index (χ1) is 18.8. The van der Waals surface area contributed by atoms with Crippen LogP contribution >= 0.6 is 0 Å². The molecular weight excluding hydrogens is 502 g/mol. The molecule has 0 spiro atoms. The molecule has 1 unspecified atom stereocenters. The molecule has 3 rings (SSSR count). The number of ether oxygens (including phenoxy) is 2. The zero-order valence-electron chi connectivity index (χ0n) is 23.5. The lowest BCUT2D eigenvalue weighted by molar-refractivity contribution is -0.125. The quantitative estimate of drug-likeness (QED) is 0.239. The molecule has 0 aromatic rings. The molecule has 0 aromatic carbocycles. The lowest BCUT2D eigenvalue weighted by Gasteiger charge is -2.37. The summed E-state index contributed by atoms with van der Waals surface area (Å²) in [6.45, 7) is 6.14. The molecule has 0 bridgehead atoms. The van der Waals surface area contributed by atoms with Crippen molar-refractivity contribution in [3.8, 4) is 6.07 Å². The van der Waals surface area contributed by atoms with Crippen molar-refractivity contribution in [1.82, 2.24) is 25.3 Å². The molecule has 3 fully saturated rings. The van der Waals surface area contributed by atoms with Crippen LogP contribution in [0.5, 0.6) is 0 Å². The Kier molecular flexibility index (Phi) is 12.3. The number of rotatable bonds is 10. The Labute approximate surface area is 232 Å². The van der Waals surface area contributed by atoms with E-state index in [2.05, 4.69) is 26.6 Å². The van der Waals surface area contributed by atoms with Crippen molar-refractivity contribution in [3.05, 3.63) is 0 Å². The minimum Gasteiger partial charge on any atom is -0.450 e. The van der Waals surface area contributed by atoms with Gasteiger partial charge in [0.05, 0.1) is 25.1 Å². The fourth-order valence-electron chi connectivity index (χ4n) is 5.40. The van der Waals surface area contributed by atoms with Crippen LogP contribution in [0.15, 0.2) is 4.99 Å². The summed E-state index contributed by atoms with van der Waals surface area (Å²) in [5, 5.41) is 16.2. The topological polar surface area (TPSA) is 140 Å². The van der Waals surface area contributed by atoms with Gasteiger partial charge in [-0.15, -0.1) is 0 Å². The second-order valence-corrected chi connectivity index (χ2v) is 10.8. The van der Waals surface area contributed by atoms with Gasteiger partial charge in [-0.1, -0.05) is 32.1 Å². The second-order valence-electron chi connectivity index (χ2n) is 10.8. The highest BCUT2D eigenvalue weighted by Crippen LogP contribution is 2.28. The molecule has 218 valence electrons. The molecule has 0 radical (unpaired) electrons. The van der Waals surface area contributed by atoms with Crippen LogP contribution in [0.4, 0.5) is 9.59 Å². The zero-order valence-corrected chi connectivity index (χ0v) is 23.5. The maximum atomic E-state index is 13.3. The molecule has 1 saturated carbocycles. The van der Waals surface area contributed by atoms with Gasteiger partial charge >= 0.3 is 12.2 Å². The molecule has 2 saturated heterocycles. The van der Waals surface area contributed by atoms with Gasteiger partial charge in [-0.2, -0.15) is 10.3 Å². The van der Waals surface area contributed by atoms with Crippen molar-refractivity contribution in [2.24, 2.45) is 10.9 Å². The minimum absolute atomic E-state index is 0.0788. The summed E-state index contributed by atoms with van der Waals surface area (Å²) in [5.41, 5.74) is -0.834. The average Bonchev–Trinajstić information content (AvgIpc) is 2.95. The Morgan fingerprint density at radius 1 is 1.08 bits per heavy atom. The van der Waals surface area contributed by atoms with Gasteiger partial charge < -0.3 is 34.8 Å². The Balaban J connectivity index is 1.44. The van der Waals surface area contributed by atoms with Crippen LogP contribution in [0.3, 0.4) is 0 Å². The number of amides is 3. The molecule has 0 aromatic heterocycles. The molecule has 12 nitrogen and oxygen atoms in total. The summed E-state index contributed by atoms with van der Waals surface area (Å²) in [4.78, 5) is 46.8. The van der Waals surface area contributed by atoms with Gasteiger partial charge in [-0.3, -0.25) is 4.79 Å². The van der Waals surface area contributed by atoms with E-state index < -0.39 is 17.7 Å². The summed E-state index contributed by atoms with van der Waals surface area (Å²) in [6, 6.07) is 1.91. The molecule has 1 aliphatic carbocycles. The first-order valence-corrected chi connectivity index (χ1v) is 14.4. The van der Waals surface area contributed by atoms with Gasteiger partial charge in [0.2, 0.25) is 5.91 Å². The first-order valence-electron chi connectivity index (χ1n) is 14.4. The van der Waals surface area contributed by atoms with Crippen LogP contribution in [0.25, 0.3) is 0 Å². The monoisotopic (exact) mass is 547 g/mol. The maximum Gasteiger partial charge on any atom is 0.435 e. The van der Waals surface area contributed by atoms with E-state index in [9.17, 15) is 19.6 Å². The zero-order chi connectivity index (χ0) is 28.1. The highest BCUT2D eigenvalue weighted by Gasteiger charge is 2.37. The van der Waals surface area contributed by atoms with E-state index >= 15 is 0 Å². The Hall–Kier alpha value is -2.91. The van der Waals surface area contributed by atoms with Gasteiger partial charge in [0.15, 0.2) is 0 Å². The van der Waals surface area contributed by atoms with E-state index in [4.69, 9.17) is 9.47 Å². The normalized spacial score (nSPS) is 21.3. The number of piperazine rings is 1. The summed E-state index contributed by atoms with van der Waals surface area (Å²) in [6.07, 6.45) is 8.15. The molecule has 2 N–H and O–H groups in total. The van der Waals surface area contributed by atoms with Crippen molar-refractivity contribution in [2.75, 3.05) is 66.1 Å². The molecule has 39 heavy (non-hydrogen) atoms. The van der Waals surface area contributed by atoms with Crippen LogP contribution in [-0.2, 0) is 14.3 Å². The molecule has 1 atom stereocenters. The average molecular weight is 548 g/mol. The Bertz CT molecular complexity index is 870. The van der Waals surface area contributed by atoms with Crippen LogP contribution in [0.2, 0.25) is 0 Å². The van der Waals surface area contributed by atoms with Crippen molar-refractivity contribution in [2.45, 2.75) is 69.9 Å². The van der Waals surface area contributed by atoms with Crippen LogP contribution in [-0.4, -0.2) is 117 Å². The predicted molar refractivity (Wildman–Crippen MR) is 146 cm³/mol. The van der Waals surface area contributed by atoms with E-state index in [1.165, 1.54) is 25.6 Å². The fraction of sp³-hybridized carbons (Fsp3) is 0.815. The highest BCUT2D eigenvalue weighted by molar-refractivity contribution is 5.83. The number of nitriles is 1. The third-order valence-corrected chi connectivity index (χ3v) is 7.91. The number of nitrogens with zero attached hydrogens (tertiary/aromatic N) is 5. The van der Waals surface area contributed by atoms with Gasteiger partial charge in [0.1, 0.15) is 12.1 Å². The lowest BCUT2D eigenvalue weighted by Crippen LogP contribution is -2.58. The van der Waals surface area contributed by atoms with Gasteiger partial charge in [0, 0.05) is 45.8 Å². The van der Waals surface area contributed by atoms with Crippen LogP contribution in [0.1, 0.15) is 58.3 Å². The number of likely N-dealkylation sites (tertiary alicyclic amines) is 1. The number of hydrogen-bond donors (Lipinski definition) is 2. The number of carbonyl (C=O) groups is 3.